The molecule has 0 saturated heterocycles. The summed E-state index contributed by atoms with van der Waals surface area (Å²) in [5.41, 5.74) is 2.85. The molecule has 1 aromatic carbocycles. The first-order valence-corrected chi connectivity index (χ1v) is 8.72. The van der Waals surface area contributed by atoms with Crippen LogP contribution in [-0.4, -0.2) is 30.8 Å². The number of esters is 1. The fraction of sp³-hybridized carbons (Fsp3) is 0.471. The van der Waals surface area contributed by atoms with Crippen molar-refractivity contribution in [3.05, 3.63) is 28.2 Å². The van der Waals surface area contributed by atoms with Crippen LogP contribution < -0.4 is 10.2 Å². The number of amides is 1. The molecule has 0 aliphatic heterocycles. The van der Waals surface area contributed by atoms with Crippen molar-refractivity contribution in [2.24, 2.45) is 11.0 Å². The van der Waals surface area contributed by atoms with E-state index >= 15 is 0 Å². The third-order valence-corrected chi connectivity index (χ3v) is 3.79. The summed E-state index contributed by atoms with van der Waals surface area (Å²) in [5.74, 6) is -0.942. The predicted molar refractivity (Wildman–Crippen MR) is 98.2 cm³/mol. The zero-order valence-electron chi connectivity index (χ0n) is 14.5. The molecule has 0 saturated carbocycles. The topological polar surface area (TPSA) is 77.0 Å². The third-order valence-electron chi connectivity index (χ3n) is 3.26. The van der Waals surface area contributed by atoms with Crippen LogP contribution in [0.5, 0.6) is 5.75 Å². The Balaban J connectivity index is 2.59. The van der Waals surface area contributed by atoms with E-state index in [0.717, 1.165) is 6.42 Å². The Morgan fingerprint density at radius 2 is 2.00 bits per heavy atom. The van der Waals surface area contributed by atoms with Crippen molar-refractivity contribution in [3.63, 3.8) is 0 Å². The highest BCUT2D eigenvalue weighted by molar-refractivity contribution is 6.35. The van der Waals surface area contributed by atoms with Crippen molar-refractivity contribution in [1.82, 2.24) is 5.43 Å². The first-order chi connectivity index (χ1) is 11.9. The molecule has 0 bridgehead atoms. The Labute approximate surface area is 157 Å². The molecule has 6 nitrogen and oxygen atoms in total. The van der Waals surface area contributed by atoms with Crippen molar-refractivity contribution in [2.75, 3.05) is 13.2 Å². The van der Waals surface area contributed by atoms with Crippen molar-refractivity contribution in [1.29, 1.82) is 0 Å². The van der Waals surface area contributed by atoms with Gasteiger partial charge in [0.1, 0.15) is 5.75 Å². The highest BCUT2D eigenvalue weighted by Gasteiger charge is 2.22. The molecular formula is C17H22Cl2N2O4. The van der Waals surface area contributed by atoms with Crippen LogP contribution in [0.15, 0.2) is 23.3 Å². The second kappa shape index (κ2) is 10.9. The normalized spacial score (nSPS) is 12.4. The number of halogens is 2. The van der Waals surface area contributed by atoms with E-state index in [4.69, 9.17) is 32.7 Å². The van der Waals surface area contributed by atoms with E-state index in [1.807, 2.05) is 6.92 Å². The third kappa shape index (κ3) is 7.32. The van der Waals surface area contributed by atoms with Crippen LogP contribution in [0.3, 0.4) is 0 Å². The molecule has 138 valence electrons. The quantitative estimate of drug-likeness (QED) is 0.396. The van der Waals surface area contributed by atoms with Crippen LogP contribution in [0.2, 0.25) is 10.0 Å². The van der Waals surface area contributed by atoms with Gasteiger partial charge in [-0.25, -0.2) is 5.43 Å². The first-order valence-electron chi connectivity index (χ1n) is 7.96. The van der Waals surface area contributed by atoms with E-state index in [1.165, 1.54) is 6.07 Å². The number of nitrogens with zero attached hydrogens (tertiary/aromatic N) is 1. The average molecular weight is 389 g/mol. The van der Waals surface area contributed by atoms with Gasteiger partial charge in [0.2, 0.25) is 0 Å². The second-order valence-electron chi connectivity index (χ2n) is 5.24. The Hall–Kier alpha value is -1.79. The van der Waals surface area contributed by atoms with Crippen molar-refractivity contribution < 1.29 is 19.1 Å². The van der Waals surface area contributed by atoms with E-state index in [9.17, 15) is 9.59 Å². The van der Waals surface area contributed by atoms with Crippen molar-refractivity contribution >= 4 is 40.8 Å². The van der Waals surface area contributed by atoms with Gasteiger partial charge < -0.3 is 9.47 Å². The van der Waals surface area contributed by atoms with Gasteiger partial charge in [0, 0.05) is 10.7 Å². The van der Waals surface area contributed by atoms with Crippen molar-refractivity contribution in [2.45, 2.75) is 33.6 Å². The van der Waals surface area contributed by atoms with Crippen LogP contribution in [0.4, 0.5) is 0 Å². The lowest BCUT2D eigenvalue weighted by atomic mass is 9.99. The van der Waals surface area contributed by atoms with Crippen LogP contribution >= 0.6 is 23.2 Å². The largest absolute Gasteiger partial charge is 0.482 e. The van der Waals surface area contributed by atoms with Crippen LogP contribution in [0.1, 0.15) is 33.6 Å². The van der Waals surface area contributed by atoms with Gasteiger partial charge in [-0.1, -0.05) is 36.5 Å². The van der Waals surface area contributed by atoms with Gasteiger partial charge in [0.25, 0.3) is 5.91 Å². The number of ether oxygens (including phenoxy) is 2. The molecule has 1 atom stereocenters. The van der Waals surface area contributed by atoms with E-state index in [0.29, 0.717) is 34.5 Å². The van der Waals surface area contributed by atoms with Crippen LogP contribution in [0, 0.1) is 5.92 Å². The van der Waals surface area contributed by atoms with E-state index < -0.39 is 11.8 Å². The number of carbonyl (C=O) groups is 2. The predicted octanol–water partition coefficient (Wildman–Crippen LogP) is 3.84. The fourth-order valence-electron chi connectivity index (χ4n) is 2.03. The summed E-state index contributed by atoms with van der Waals surface area (Å²) in [7, 11) is 0. The lowest BCUT2D eigenvalue weighted by molar-refractivity contribution is -0.145. The van der Waals surface area contributed by atoms with E-state index in [2.05, 4.69) is 10.5 Å². The Bertz CT molecular complexity index is 635. The number of benzene rings is 1. The molecule has 0 aliphatic carbocycles. The fourth-order valence-corrected chi connectivity index (χ4v) is 2.49. The van der Waals surface area contributed by atoms with E-state index in [-0.39, 0.29) is 12.6 Å². The van der Waals surface area contributed by atoms with Crippen molar-refractivity contribution in [3.8, 4) is 5.75 Å². The summed E-state index contributed by atoms with van der Waals surface area (Å²) >= 11 is 11.8. The molecule has 1 aromatic rings. The molecule has 0 aliphatic rings. The minimum atomic E-state index is -0.475. The number of hydrazone groups is 1. The molecule has 0 aromatic heterocycles. The number of carbonyl (C=O) groups excluding carboxylic acids is 2. The zero-order chi connectivity index (χ0) is 18.8. The molecule has 0 unspecified atom stereocenters. The average Bonchev–Trinajstić information content (AvgIpc) is 2.56. The maximum absolute atomic E-state index is 11.9. The van der Waals surface area contributed by atoms with Crippen LogP contribution in [0.25, 0.3) is 0 Å². The summed E-state index contributed by atoms with van der Waals surface area (Å²) < 4.78 is 10.3. The molecule has 0 radical (unpaired) electrons. The maximum Gasteiger partial charge on any atom is 0.314 e. The van der Waals surface area contributed by atoms with Gasteiger partial charge in [0.05, 0.1) is 17.5 Å². The second-order valence-corrected chi connectivity index (χ2v) is 6.09. The van der Waals surface area contributed by atoms with Crippen LogP contribution in [-0.2, 0) is 14.3 Å². The molecule has 0 fully saturated rings. The monoisotopic (exact) mass is 388 g/mol. The molecule has 25 heavy (non-hydrogen) atoms. The highest BCUT2D eigenvalue weighted by atomic mass is 35.5. The zero-order valence-corrected chi connectivity index (χ0v) is 16.0. The Kier molecular flexibility index (Phi) is 9.31. The minimum Gasteiger partial charge on any atom is -0.482 e. The molecule has 1 N–H and O–H groups in total. The first kappa shape index (κ1) is 21.3. The molecule has 1 amide bonds. The lowest BCUT2D eigenvalue weighted by Gasteiger charge is -2.14. The van der Waals surface area contributed by atoms with E-state index in [1.54, 1.807) is 26.0 Å². The number of hydrogen-bond donors (Lipinski definition) is 1. The van der Waals surface area contributed by atoms with Gasteiger partial charge >= 0.3 is 5.97 Å². The number of nitrogens with one attached hydrogen (secondary N) is 1. The maximum atomic E-state index is 11.9. The minimum absolute atomic E-state index is 0.268. The summed E-state index contributed by atoms with van der Waals surface area (Å²) in [5, 5.41) is 4.76. The highest BCUT2D eigenvalue weighted by Crippen LogP contribution is 2.27. The summed E-state index contributed by atoms with van der Waals surface area (Å²) in [6, 6.07) is 4.70. The molecule has 0 spiro atoms. The molecule has 0 heterocycles. The van der Waals surface area contributed by atoms with Gasteiger partial charge in [-0.05, 0) is 38.5 Å². The molecule has 1 rings (SSSR count). The summed E-state index contributed by atoms with van der Waals surface area (Å²) in [4.78, 5) is 23.8. The van der Waals surface area contributed by atoms with Gasteiger partial charge in [-0.3, -0.25) is 9.59 Å². The smallest absolute Gasteiger partial charge is 0.314 e. The van der Waals surface area contributed by atoms with Gasteiger partial charge in [-0.15, -0.1) is 0 Å². The van der Waals surface area contributed by atoms with Gasteiger partial charge in [0.15, 0.2) is 6.61 Å². The van der Waals surface area contributed by atoms with Gasteiger partial charge in [-0.2, -0.15) is 5.10 Å². The Morgan fingerprint density at radius 3 is 2.60 bits per heavy atom. The molecule has 8 heteroatoms. The summed E-state index contributed by atoms with van der Waals surface area (Å²) in [6.07, 6.45) is 1.39. The number of rotatable bonds is 9. The summed E-state index contributed by atoms with van der Waals surface area (Å²) in [6.45, 7) is 5.41. The number of hydrogen-bond acceptors (Lipinski definition) is 5. The standard InChI is InChI=1S/C17H22Cl2N2O4/c1-4-6-13(17(23)24-5-2)11(3)20-21-16(22)10-25-15-8-7-12(18)9-14(15)19/h7-9,13H,4-6,10H2,1-3H3,(H,21,22)/b20-11+/t13-/m0/s1. The lowest BCUT2D eigenvalue weighted by Crippen LogP contribution is -2.30. The molecular weight excluding hydrogens is 367 g/mol. The Morgan fingerprint density at radius 1 is 1.28 bits per heavy atom. The SMILES string of the molecule is CCC[C@H](C(=O)OCC)/C(C)=N/NC(=O)COc1ccc(Cl)cc1Cl.